The average molecular weight is 151 g/mol. The zero-order valence-electron chi connectivity index (χ0n) is 5.70. The maximum Gasteiger partial charge on any atom is 0.590 e. The van der Waals surface area contributed by atoms with E-state index in [2.05, 4.69) is 0 Å². The first kappa shape index (κ1) is 7.47. The predicted octanol–water partition coefficient (Wildman–Crippen LogP) is 0.121. The number of Topliss-reactive ketones (excluding diaryl/α,β-unsaturated/α-hetero) is 1. The van der Waals surface area contributed by atoms with E-state index >= 15 is 0 Å². The highest BCUT2D eigenvalue weighted by Crippen LogP contribution is 1.98. The average Bonchev–Trinajstić information content (AvgIpc) is 2.05. The quantitative estimate of drug-likeness (QED) is 0.342. The number of carbonyl (C=O) groups excluding carboxylic acids is 2. The molecule has 56 valence electrons. The summed E-state index contributed by atoms with van der Waals surface area (Å²) in [5, 5.41) is 6.53. The molecule has 0 amide bonds. The minimum absolute atomic E-state index is 0.271. The molecule has 0 atom stereocenters. The van der Waals surface area contributed by atoms with E-state index < -0.39 is 11.8 Å². The van der Waals surface area contributed by atoms with Crippen molar-refractivity contribution in [2.45, 2.75) is 0 Å². The molecule has 0 spiro atoms. The molecule has 2 N–H and O–H groups in total. The van der Waals surface area contributed by atoms with Crippen LogP contribution in [0.4, 0.5) is 0 Å². The number of benzene rings is 1. The number of hydrogen-bond acceptors (Lipinski definition) is 2. The smallest absolute Gasteiger partial charge is 0.558 e. The van der Waals surface area contributed by atoms with Gasteiger partial charge in [-0.15, -0.1) is 0 Å². The molecule has 1 aromatic rings. The van der Waals surface area contributed by atoms with Crippen LogP contribution in [0.15, 0.2) is 30.3 Å². The zero-order valence-corrected chi connectivity index (χ0v) is 5.70. The van der Waals surface area contributed by atoms with Gasteiger partial charge in [-0.1, -0.05) is 30.3 Å². The fraction of sp³-hybridized carbons (Fsp3) is 0. The minimum Gasteiger partial charge on any atom is -0.558 e. The molecule has 0 unspecified atom stereocenters. The normalized spacial score (nSPS) is 9.09. The lowest BCUT2D eigenvalue weighted by atomic mass is 10.1. The van der Waals surface area contributed by atoms with Crippen LogP contribution in [-0.2, 0) is 4.79 Å². The fourth-order valence-corrected chi connectivity index (χ4v) is 0.721. The third-order valence-corrected chi connectivity index (χ3v) is 1.24. The van der Waals surface area contributed by atoms with Crippen LogP contribution in [0.5, 0.6) is 0 Å². The lowest BCUT2D eigenvalue weighted by Gasteiger charge is -1.88. The Hall–Kier alpha value is -1.64. The summed E-state index contributed by atoms with van der Waals surface area (Å²) in [5.74, 6) is -1.93. The van der Waals surface area contributed by atoms with E-state index in [1.807, 2.05) is 0 Å². The second-order valence-corrected chi connectivity index (χ2v) is 2.02. The summed E-state index contributed by atoms with van der Waals surface area (Å²) in [6.07, 6.45) is 0. The van der Waals surface area contributed by atoms with Crippen LogP contribution in [0.1, 0.15) is 10.4 Å². The molecule has 0 aromatic heterocycles. The van der Waals surface area contributed by atoms with Gasteiger partial charge in [-0.05, 0) is 0 Å². The van der Waals surface area contributed by atoms with Gasteiger partial charge in [-0.2, -0.15) is 0 Å². The number of carbonyl (C=O) groups is 2. The van der Waals surface area contributed by atoms with E-state index in [0.717, 1.165) is 0 Å². The molecule has 3 nitrogen and oxygen atoms in total. The topological polar surface area (TPSA) is 57.0 Å². The summed E-state index contributed by atoms with van der Waals surface area (Å²) in [6.45, 7) is 0. The summed E-state index contributed by atoms with van der Waals surface area (Å²) >= 11 is 0. The molecule has 0 saturated heterocycles. The summed E-state index contributed by atoms with van der Waals surface area (Å²) in [6, 6.07) is 8.06. The van der Waals surface area contributed by atoms with Gasteiger partial charge in [0.15, 0.2) is 0 Å². The van der Waals surface area contributed by atoms with Crippen LogP contribution >= 0.6 is 0 Å². The highest BCUT2D eigenvalue weighted by Gasteiger charge is 2.21. The molecule has 0 aliphatic carbocycles. The summed E-state index contributed by atoms with van der Waals surface area (Å²) in [5.41, 5.74) is 0.271. The van der Waals surface area contributed by atoms with E-state index in [9.17, 15) is 9.59 Å². The van der Waals surface area contributed by atoms with Crippen molar-refractivity contribution >= 4 is 11.8 Å². The molecule has 11 heavy (non-hydrogen) atoms. The third kappa shape index (κ3) is 1.64. The van der Waals surface area contributed by atoms with Crippen molar-refractivity contribution in [1.29, 1.82) is 0 Å². The van der Waals surface area contributed by atoms with Crippen molar-refractivity contribution in [2.75, 3.05) is 0 Å². The van der Waals surface area contributed by atoms with Crippen molar-refractivity contribution in [3.05, 3.63) is 35.9 Å². The SMILES string of the molecule is O=C([OH2+])C(=O)c1ccccc1. The second kappa shape index (κ2) is 2.96. The Morgan fingerprint density at radius 2 is 1.64 bits per heavy atom. The van der Waals surface area contributed by atoms with Crippen LogP contribution < -0.4 is 0 Å². The van der Waals surface area contributed by atoms with Crippen molar-refractivity contribution in [3.8, 4) is 0 Å². The maximum atomic E-state index is 10.8. The van der Waals surface area contributed by atoms with Gasteiger partial charge in [0.25, 0.3) is 0 Å². The number of rotatable bonds is 2. The van der Waals surface area contributed by atoms with Gasteiger partial charge >= 0.3 is 11.8 Å². The first-order chi connectivity index (χ1) is 5.22. The van der Waals surface area contributed by atoms with Crippen LogP contribution in [0.2, 0.25) is 0 Å². The second-order valence-electron chi connectivity index (χ2n) is 2.02. The molecule has 0 aliphatic rings. The molecular weight excluding hydrogens is 144 g/mol. The van der Waals surface area contributed by atoms with Crippen LogP contribution in [0, 0.1) is 0 Å². The maximum absolute atomic E-state index is 10.8. The van der Waals surface area contributed by atoms with Crippen molar-refractivity contribution in [1.82, 2.24) is 0 Å². The Morgan fingerprint density at radius 1 is 1.09 bits per heavy atom. The van der Waals surface area contributed by atoms with Crippen LogP contribution in [0.25, 0.3) is 0 Å². The fourth-order valence-electron chi connectivity index (χ4n) is 0.721. The van der Waals surface area contributed by atoms with Gasteiger partial charge in [0, 0.05) is 5.56 Å². The largest absolute Gasteiger partial charge is 0.590 e. The molecule has 0 saturated carbocycles. The van der Waals surface area contributed by atoms with E-state index in [4.69, 9.17) is 5.11 Å². The number of hydrogen-bond donors (Lipinski definition) is 0. The lowest BCUT2D eigenvalue weighted by molar-refractivity contribution is -0.131. The first-order valence-electron chi connectivity index (χ1n) is 3.07. The van der Waals surface area contributed by atoms with E-state index in [1.165, 1.54) is 12.1 Å². The molecule has 0 bridgehead atoms. The molecule has 0 fully saturated rings. The highest BCUT2D eigenvalue weighted by atomic mass is 16.4. The summed E-state index contributed by atoms with van der Waals surface area (Å²) in [7, 11) is 0. The van der Waals surface area contributed by atoms with Gasteiger partial charge in [0.05, 0.1) is 4.79 Å². The van der Waals surface area contributed by atoms with E-state index in [0.29, 0.717) is 0 Å². The molecular formula is C8H7O3+. The Balaban J connectivity index is 2.95. The first-order valence-corrected chi connectivity index (χ1v) is 3.07. The monoisotopic (exact) mass is 151 g/mol. The highest BCUT2D eigenvalue weighted by molar-refractivity contribution is 6.39. The van der Waals surface area contributed by atoms with Crippen molar-refractivity contribution < 1.29 is 14.7 Å². The van der Waals surface area contributed by atoms with E-state index in [1.54, 1.807) is 18.2 Å². The molecule has 0 radical (unpaired) electrons. The summed E-state index contributed by atoms with van der Waals surface area (Å²) in [4.78, 5) is 21.1. The molecule has 1 aromatic carbocycles. The van der Waals surface area contributed by atoms with Crippen LogP contribution in [-0.4, -0.2) is 16.9 Å². The Morgan fingerprint density at radius 3 is 2.09 bits per heavy atom. The van der Waals surface area contributed by atoms with Gasteiger partial charge in [0.2, 0.25) is 0 Å². The summed E-state index contributed by atoms with van der Waals surface area (Å²) < 4.78 is 0. The standard InChI is InChI=1S/C8H6O3/c9-7(8(10)11)6-4-2-1-3-5-6/h1-5H,(H,10,11)/p+1. The minimum atomic E-state index is -1.17. The molecule has 0 heterocycles. The third-order valence-electron chi connectivity index (χ3n) is 1.24. The Labute approximate surface area is 63.3 Å². The molecule has 0 aliphatic heterocycles. The molecule has 3 heteroatoms. The van der Waals surface area contributed by atoms with Gasteiger partial charge in [0.1, 0.15) is 0 Å². The molecule has 1 rings (SSSR count). The number of ketones is 1. The van der Waals surface area contributed by atoms with Gasteiger partial charge in [-0.25, -0.2) is 0 Å². The van der Waals surface area contributed by atoms with E-state index in [-0.39, 0.29) is 5.56 Å². The van der Waals surface area contributed by atoms with Gasteiger partial charge in [-0.3, -0.25) is 4.79 Å². The Kier molecular flexibility index (Phi) is 2.01. The van der Waals surface area contributed by atoms with Crippen molar-refractivity contribution in [3.63, 3.8) is 0 Å². The zero-order chi connectivity index (χ0) is 8.27. The predicted molar refractivity (Wildman–Crippen MR) is 39.4 cm³/mol. The van der Waals surface area contributed by atoms with Crippen molar-refractivity contribution in [2.24, 2.45) is 0 Å². The lowest BCUT2D eigenvalue weighted by Crippen LogP contribution is -2.12. The Bertz CT molecular complexity index is 277. The van der Waals surface area contributed by atoms with Crippen LogP contribution in [0.3, 0.4) is 0 Å². The van der Waals surface area contributed by atoms with Gasteiger partial charge < -0.3 is 5.11 Å².